The van der Waals surface area contributed by atoms with Gasteiger partial charge in [0.25, 0.3) is 0 Å². The number of nitrogens with one attached hydrogen (secondary N) is 1. The number of hydrogen-bond acceptors (Lipinski definition) is 5. The van der Waals surface area contributed by atoms with Gasteiger partial charge in [-0.15, -0.1) is 11.3 Å². The number of carboxylic acids is 1. The number of aromatic nitrogens is 2. The summed E-state index contributed by atoms with van der Waals surface area (Å²) in [5.74, 6) is -1.02. The molecule has 0 aliphatic rings. The molecule has 2 N–H and O–H groups in total. The monoisotopic (exact) mass is 320 g/mol. The number of para-hydroxylation sites is 1. The summed E-state index contributed by atoms with van der Waals surface area (Å²) < 4.78 is 1.81. The van der Waals surface area contributed by atoms with Crippen molar-refractivity contribution >= 4 is 45.8 Å². The number of carbonyl (C=O) groups is 1. The first-order valence-corrected chi connectivity index (χ1v) is 7.15. The van der Waals surface area contributed by atoms with Gasteiger partial charge in [-0.2, -0.15) is 5.10 Å². The first-order valence-electron chi connectivity index (χ1n) is 5.89. The molecule has 0 bridgehead atoms. The molecule has 0 saturated carbocycles. The Morgan fingerprint density at radius 1 is 1.48 bits per heavy atom. The van der Waals surface area contributed by atoms with Crippen molar-refractivity contribution in [2.45, 2.75) is 0 Å². The Balaban J connectivity index is 1.86. The number of imidazole rings is 1. The summed E-state index contributed by atoms with van der Waals surface area (Å²) in [6.07, 6.45) is 3.35. The number of benzene rings is 1. The Kier molecular flexibility index (Phi) is 3.59. The van der Waals surface area contributed by atoms with E-state index in [2.05, 4.69) is 15.5 Å². The van der Waals surface area contributed by atoms with E-state index >= 15 is 0 Å². The third kappa shape index (κ3) is 2.61. The molecule has 0 unspecified atom stereocenters. The van der Waals surface area contributed by atoms with Crippen LogP contribution in [-0.2, 0) is 0 Å². The standard InChI is InChI=1S/C13H9ClN4O2S/c14-11-10(18-5-6-21-13(18)16-11)7-15-17-9-4-2-1-3-8(9)12(19)20/h1-7,17H,(H,19,20)/b15-7+. The summed E-state index contributed by atoms with van der Waals surface area (Å²) >= 11 is 7.50. The van der Waals surface area contributed by atoms with Crippen molar-refractivity contribution in [3.05, 3.63) is 52.3 Å². The fourth-order valence-electron chi connectivity index (χ4n) is 1.82. The zero-order valence-corrected chi connectivity index (χ0v) is 12.1. The van der Waals surface area contributed by atoms with Crippen LogP contribution in [0.4, 0.5) is 5.69 Å². The molecule has 8 heteroatoms. The van der Waals surface area contributed by atoms with Gasteiger partial charge in [0, 0.05) is 11.6 Å². The highest BCUT2D eigenvalue weighted by molar-refractivity contribution is 7.15. The van der Waals surface area contributed by atoms with Gasteiger partial charge < -0.3 is 5.11 Å². The molecule has 0 spiro atoms. The van der Waals surface area contributed by atoms with E-state index in [-0.39, 0.29) is 5.56 Å². The van der Waals surface area contributed by atoms with E-state index < -0.39 is 5.97 Å². The highest BCUT2D eigenvalue weighted by Gasteiger charge is 2.10. The van der Waals surface area contributed by atoms with Crippen molar-refractivity contribution in [3.63, 3.8) is 0 Å². The van der Waals surface area contributed by atoms with Crippen LogP contribution in [0.15, 0.2) is 40.9 Å². The SMILES string of the molecule is O=C(O)c1ccccc1N/N=C/c1c(Cl)nc2sccn12. The fourth-order valence-corrected chi connectivity index (χ4v) is 2.81. The Hall–Kier alpha value is -2.38. The molecule has 0 aliphatic carbocycles. The zero-order valence-electron chi connectivity index (χ0n) is 10.5. The van der Waals surface area contributed by atoms with E-state index in [1.54, 1.807) is 22.6 Å². The highest BCUT2D eigenvalue weighted by Crippen LogP contribution is 2.20. The van der Waals surface area contributed by atoms with Crippen LogP contribution in [-0.4, -0.2) is 26.7 Å². The summed E-state index contributed by atoms with van der Waals surface area (Å²) in [6.45, 7) is 0. The maximum atomic E-state index is 11.1. The minimum absolute atomic E-state index is 0.148. The third-order valence-corrected chi connectivity index (χ3v) is 3.82. The lowest BCUT2D eigenvalue weighted by molar-refractivity contribution is 0.0698. The Bertz CT molecular complexity index is 840. The molecule has 0 aliphatic heterocycles. The molecule has 106 valence electrons. The van der Waals surface area contributed by atoms with E-state index in [0.29, 0.717) is 16.5 Å². The number of nitrogens with zero attached hydrogens (tertiary/aromatic N) is 3. The fraction of sp³-hybridized carbons (Fsp3) is 0. The summed E-state index contributed by atoms with van der Waals surface area (Å²) in [6, 6.07) is 6.52. The first kappa shape index (κ1) is 13.6. The topological polar surface area (TPSA) is 79.0 Å². The normalized spacial score (nSPS) is 11.3. The van der Waals surface area contributed by atoms with E-state index in [4.69, 9.17) is 16.7 Å². The van der Waals surface area contributed by atoms with Crippen molar-refractivity contribution in [3.8, 4) is 0 Å². The lowest BCUT2D eigenvalue weighted by Gasteiger charge is -2.03. The van der Waals surface area contributed by atoms with Crippen LogP contribution in [0.3, 0.4) is 0 Å². The van der Waals surface area contributed by atoms with Crippen molar-refractivity contribution in [1.29, 1.82) is 0 Å². The lowest BCUT2D eigenvalue weighted by Crippen LogP contribution is -2.02. The number of anilines is 1. The van der Waals surface area contributed by atoms with Crippen LogP contribution < -0.4 is 5.43 Å². The van der Waals surface area contributed by atoms with Gasteiger partial charge in [0.15, 0.2) is 10.1 Å². The van der Waals surface area contributed by atoms with Gasteiger partial charge in [-0.1, -0.05) is 23.7 Å². The van der Waals surface area contributed by atoms with Crippen LogP contribution in [0.25, 0.3) is 4.96 Å². The van der Waals surface area contributed by atoms with Crippen molar-refractivity contribution < 1.29 is 9.90 Å². The number of hydrazone groups is 1. The average Bonchev–Trinajstić information content (AvgIpc) is 3.01. The number of aromatic carboxylic acids is 1. The Labute approximate surface area is 128 Å². The molecule has 1 aromatic carbocycles. The summed E-state index contributed by atoms with van der Waals surface area (Å²) in [5, 5.41) is 15.4. The molecule has 2 heterocycles. The van der Waals surface area contributed by atoms with Crippen LogP contribution in [0.2, 0.25) is 5.15 Å². The third-order valence-electron chi connectivity index (χ3n) is 2.78. The summed E-state index contributed by atoms with van der Waals surface area (Å²) in [4.78, 5) is 16.0. The number of carboxylic acid groups (broad SMARTS) is 1. The minimum atomic E-state index is -1.02. The molecule has 0 saturated heterocycles. The molecular weight excluding hydrogens is 312 g/mol. The summed E-state index contributed by atoms with van der Waals surface area (Å²) in [7, 11) is 0. The second-order valence-corrected chi connectivity index (χ2v) is 5.30. The molecule has 0 amide bonds. The van der Waals surface area contributed by atoms with Gasteiger partial charge in [0.2, 0.25) is 0 Å². The Morgan fingerprint density at radius 2 is 2.29 bits per heavy atom. The van der Waals surface area contributed by atoms with E-state index in [1.807, 2.05) is 11.6 Å². The van der Waals surface area contributed by atoms with Crippen molar-refractivity contribution in [2.75, 3.05) is 5.43 Å². The predicted octanol–water partition coefficient (Wildman–Crippen LogP) is 3.19. The van der Waals surface area contributed by atoms with Crippen LogP contribution >= 0.6 is 22.9 Å². The number of hydrogen-bond donors (Lipinski definition) is 2. The molecule has 21 heavy (non-hydrogen) atoms. The van der Waals surface area contributed by atoms with Gasteiger partial charge in [0.1, 0.15) is 5.69 Å². The first-order chi connectivity index (χ1) is 10.2. The highest BCUT2D eigenvalue weighted by atomic mass is 35.5. The number of halogens is 1. The second kappa shape index (κ2) is 5.55. The molecule has 2 aromatic heterocycles. The van der Waals surface area contributed by atoms with Crippen LogP contribution in [0.5, 0.6) is 0 Å². The quantitative estimate of drug-likeness (QED) is 0.571. The molecule has 0 fully saturated rings. The van der Waals surface area contributed by atoms with Gasteiger partial charge in [-0.25, -0.2) is 9.78 Å². The lowest BCUT2D eigenvalue weighted by atomic mass is 10.2. The second-order valence-electron chi connectivity index (χ2n) is 4.06. The molecule has 3 aromatic rings. The predicted molar refractivity (Wildman–Crippen MR) is 82.7 cm³/mol. The average molecular weight is 321 g/mol. The number of fused-ring (bicyclic) bond motifs is 1. The Morgan fingerprint density at radius 3 is 3.10 bits per heavy atom. The van der Waals surface area contributed by atoms with Crippen LogP contribution in [0, 0.1) is 0 Å². The van der Waals surface area contributed by atoms with Gasteiger partial charge in [-0.05, 0) is 12.1 Å². The maximum Gasteiger partial charge on any atom is 0.337 e. The van der Waals surface area contributed by atoms with Gasteiger partial charge in [-0.3, -0.25) is 9.83 Å². The number of rotatable bonds is 4. The van der Waals surface area contributed by atoms with Crippen LogP contribution in [0.1, 0.15) is 16.1 Å². The van der Waals surface area contributed by atoms with Gasteiger partial charge >= 0.3 is 5.97 Å². The number of thiazole rings is 1. The zero-order chi connectivity index (χ0) is 14.8. The van der Waals surface area contributed by atoms with Gasteiger partial charge in [0.05, 0.1) is 17.5 Å². The molecule has 6 nitrogen and oxygen atoms in total. The molecule has 3 rings (SSSR count). The molecule has 0 radical (unpaired) electrons. The summed E-state index contributed by atoms with van der Waals surface area (Å²) in [5.41, 5.74) is 3.90. The van der Waals surface area contributed by atoms with E-state index in [9.17, 15) is 4.79 Å². The minimum Gasteiger partial charge on any atom is -0.478 e. The molecular formula is C13H9ClN4O2S. The van der Waals surface area contributed by atoms with Crippen molar-refractivity contribution in [2.24, 2.45) is 5.10 Å². The largest absolute Gasteiger partial charge is 0.478 e. The van der Waals surface area contributed by atoms with Crippen molar-refractivity contribution in [1.82, 2.24) is 9.38 Å². The van der Waals surface area contributed by atoms with E-state index in [0.717, 1.165) is 4.96 Å². The molecule has 0 atom stereocenters. The van der Waals surface area contributed by atoms with E-state index in [1.165, 1.54) is 23.6 Å². The maximum absolute atomic E-state index is 11.1. The smallest absolute Gasteiger partial charge is 0.337 e.